The average molecular weight is 287 g/mol. The fraction of sp³-hybridized carbons (Fsp3) is 0.312. The molecule has 1 amide bonds. The van der Waals surface area contributed by atoms with Crippen LogP contribution in [0.1, 0.15) is 18.2 Å². The number of nitrogens with two attached hydrogens (primary N) is 1. The molecule has 0 aliphatic heterocycles. The lowest BCUT2D eigenvalue weighted by Gasteiger charge is -2.19. The number of amides is 1. The molecule has 0 aliphatic carbocycles. The third kappa shape index (κ3) is 4.10. The van der Waals surface area contributed by atoms with Gasteiger partial charge >= 0.3 is 0 Å². The molecule has 0 atom stereocenters. The molecule has 1 heterocycles. The number of anilines is 2. The number of benzene rings is 1. The largest absolute Gasteiger partial charge is 0.468 e. The van der Waals surface area contributed by atoms with Crippen LogP contribution in [0.25, 0.3) is 0 Å². The standard InChI is InChI=1S/C16H21N3O2/c1-3-19(10-13-6-5-9-21-13)11-16(20)18-15-8-4-7-14(17)12(15)2/h4-9H,3,10-11,17H2,1-2H3,(H,18,20). The summed E-state index contributed by atoms with van der Waals surface area (Å²) in [6.45, 7) is 5.61. The number of carbonyl (C=O) groups is 1. The summed E-state index contributed by atoms with van der Waals surface area (Å²) in [6, 6.07) is 9.26. The van der Waals surface area contributed by atoms with E-state index >= 15 is 0 Å². The third-order valence-corrected chi connectivity index (χ3v) is 3.42. The minimum absolute atomic E-state index is 0.0582. The summed E-state index contributed by atoms with van der Waals surface area (Å²) in [5.41, 5.74) is 8.16. The maximum absolute atomic E-state index is 12.1. The molecule has 5 heteroatoms. The van der Waals surface area contributed by atoms with Crippen LogP contribution in [0, 0.1) is 6.92 Å². The molecule has 0 unspecified atom stereocenters. The summed E-state index contributed by atoms with van der Waals surface area (Å²) in [6.07, 6.45) is 1.64. The Hall–Kier alpha value is -2.27. The quantitative estimate of drug-likeness (QED) is 0.801. The number of likely N-dealkylation sites (N-methyl/N-ethyl adjacent to an activating group) is 1. The summed E-state index contributed by atoms with van der Waals surface area (Å²) in [5, 5.41) is 2.90. The van der Waals surface area contributed by atoms with Gasteiger partial charge in [0.2, 0.25) is 5.91 Å². The summed E-state index contributed by atoms with van der Waals surface area (Å²) in [7, 11) is 0. The fourth-order valence-corrected chi connectivity index (χ4v) is 2.08. The second-order valence-electron chi connectivity index (χ2n) is 4.95. The van der Waals surface area contributed by atoms with Crippen LogP contribution in [-0.4, -0.2) is 23.9 Å². The summed E-state index contributed by atoms with van der Waals surface area (Å²) in [5.74, 6) is 0.793. The maximum atomic E-state index is 12.1. The molecule has 1 aromatic heterocycles. The van der Waals surface area contributed by atoms with Crippen molar-refractivity contribution < 1.29 is 9.21 Å². The van der Waals surface area contributed by atoms with Gasteiger partial charge in [-0.2, -0.15) is 0 Å². The smallest absolute Gasteiger partial charge is 0.238 e. The van der Waals surface area contributed by atoms with Crippen LogP contribution in [-0.2, 0) is 11.3 Å². The first-order valence-corrected chi connectivity index (χ1v) is 6.99. The van der Waals surface area contributed by atoms with Crippen molar-refractivity contribution in [2.75, 3.05) is 24.1 Å². The Kier molecular flexibility index (Phi) is 5.00. The average Bonchev–Trinajstić information content (AvgIpc) is 2.96. The molecule has 0 saturated carbocycles. The number of nitrogens with zero attached hydrogens (tertiary/aromatic N) is 1. The van der Waals surface area contributed by atoms with Crippen LogP contribution in [0.2, 0.25) is 0 Å². The van der Waals surface area contributed by atoms with Gasteiger partial charge in [-0.25, -0.2) is 0 Å². The highest BCUT2D eigenvalue weighted by atomic mass is 16.3. The summed E-state index contributed by atoms with van der Waals surface area (Å²) >= 11 is 0. The molecule has 21 heavy (non-hydrogen) atoms. The Morgan fingerprint density at radius 1 is 1.33 bits per heavy atom. The lowest BCUT2D eigenvalue weighted by Crippen LogP contribution is -2.32. The van der Waals surface area contributed by atoms with Gasteiger partial charge in [-0.15, -0.1) is 0 Å². The third-order valence-electron chi connectivity index (χ3n) is 3.42. The van der Waals surface area contributed by atoms with E-state index in [1.807, 2.05) is 49.1 Å². The van der Waals surface area contributed by atoms with Crippen molar-refractivity contribution in [3.63, 3.8) is 0 Å². The zero-order valence-electron chi connectivity index (χ0n) is 12.4. The molecule has 0 radical (unpaired) electrons. The van der Waals surface area contributed by atoms with E-state index in [0.29, 0.717) is 18.8 Å². The van der Waals surface area contributed by atoms with Crippen LogP contribution in [0.4, 0.5) is 11.4 Å². The van der Waals surface area contributed by atoms with E-state index in [1.54, 1.807) is 6.26 Å². The molecule has 0 aliphatic rings. The van der Waals surface area contributed by atoms with Gasteiger partial charge in [0.1, 0.15) is 5.76 Å². The van der Waals surface area contributed by atoms with Crippen LogP contribution in [0.3, 0.4) is 0 Å². The van der Waals surface area contributed by atoms with Crippen molar-refractivity contribution in [2.24, 2.45) is 0 Å². The molecule has 5 nitrogen and oxygen atoms in total. The topological polar surface area (TPSA) is 71.5 Å². The van der Waals surface area contributed by atoms with Crippen molar-refractivity contribution in [2.45, 2.75) is 20.4 Å². The van der Waals surface area contributed by atoms with Crippen molar-refractivity contribution >= 4 is 17.3 Å². The molecule has 0 fully saturated rings. The predicted molar refractivity (Wildman–Crippen MR) is 83.9 cm³/mol. The second kappa shape index (κ2) is 6.95. The number of rotatable bonds is 6. The van der Waals surface area contributed by atoms with E-state index in [-0.39, 0.29) is 5.91 Å². The minimum atomic E-state index is -0.0582. The first kappa shape index (κ1) is 15.1. The second-order valence-corrected chi connectivity index (χ2v) is 4.95. The molecular weight excluding hydrogens is 266 g/mol. The summed E-state index contributed by atoms with van der Waals surface area (Å²) in [4.78, 5) is 14.2. The number of furan rings is 1. The molecule has 0 spiro atoms. The molecule has 2 aromatic rings. The van der Waals surface area contributed by atoms with E-state index in [1.165, 1.54) is 0 Å². The number of carbonyl (C=O) groups excluding carboxylic acids is 1. The highest BCUT2D eigenvalue weighted by Gasteiger charge is 2.12. The predicted octanol–water partition coefficient (Wildman–Crippen LogP) is 2.63. The Balaban J connectivity index is 1.95. The zero-order valence-corrected chi connectivity index (χ0v) is 12.4. The van der Waals surface area contributed by atoms with Gasteiger partial charge in [0.25, 0.3) is 0 Å². The number of nitrogens with one attached hydrogen (secondary N) is 1. The number of hydrogen-bond donors (Lipinski definition) is 2. The molecule has 2 rings (SSSR count). The first-order chi connectivity index (χ1) is 10.1. The van der Waals surface area contributed by atoms with Crippen LogP contribution in [0.15, 0.2) is 41.0 Å². The monoisotopic (exact) mass is 287 g/mol. The maximum Gasteiger partial charge on any atom is 0.238 e. The summed E-state index contributed by atoms with van der Waals surface area (Å²) < 4.78 is 5.31. The molecule has 3 N–H and O–H groups in total. The molecule has 112 valence electrons. The Morgan fingerprint density at radius 2 is 2.14 bits per heavy atom. The van der Waals surface area contributed by atoms with Gasteiger partial charge in [0, 0.05) is 11.4 Å². The van der Waals surface area contributed by atoms with Gasteiger partial charge in [0.05, 0.1) is 19.4 Å². The van der Waals surface area contributed by atoms with Crippen molar-refractivity contribution in [3.8, 4) is 0 Å². The normalized spacial score (nSPS) is 10.8. The highest BCUT2D eigenvalue weighted by molar-refractivity contribution is 5.93. The van der Waals surface area contributed by atoms with E-state index in [2.05, 4.69) is 5.32 Å². The van der Waals surface area contributed by atoms with Crippen LogP contribution >= 0.6 is 0 Å². The number of nitrogen functional groups attached to an aromatic ring is 1. The van der Waals surface area contributed by atoms with E-state index in [0.717, 1.165) is 23.6 Å². The number of hydrogen-bond acceptors (Lipinski definition) is 4. The van der Waals surface area contributed by atoms with Gasteiger partial charge in [-0.05, 0) is 43.3 Å². The molecular formula is C16H21N3O2. The van der Waals surface area contributed by atoms with E-state index in [9.17, 15) is 4.79 Å². The van der Waals surface area contributed by atoms with Gasteiger partial charge < -0.3 is 15.5 Å². The van der Waals surface area contributed by atoms with Crippen molar-refractivity contribution in [1.82, 2.24) is 4.90 Å². The lowest BCUT2D eigenvalue weighted by molar-refractivity contribution is -0.117. The van der Waals surface area contributed by atoms with Gasteiger partial charge in [-0.3, -0.25) is 9.69 Å². The van der Waals surface area contributed by atoms with E-state index < -0.39 is 0 Å². The van der Waals surface area contributed by atoms with E-state index in [4.69, 9.17) is 10.2 Å². The highest BCUT2D eigenvalue weighted by Crippen LogP contribution is 2.20. The Bertz CT molecular complexity index is 594. The SMILES string of the molecule is CCN(CC(=O)Nc1cccc(N)c1C)Cc1ccco1. The fourth-order valence-electron chi connectivity index (χ4n) is 2.08. The molecule has 0 bridgehead atoms. The van der Waals surface area contributed by atoms with Crippen molar-refractivity contribution in [1.29, 1.82) is 0 Å². The minimum Gasteiger partial charge on any atom is -0.468 e. The lowest BCUT2D eigenvalue weighted by atomic mass is 10.1. The first-order valence-electron chi connectivity index (χ1n) is 6.99. The van der Waals surface area contributed by atoms with Crippen LogP contribution < -0.4 is 11.1 Å². The Morgan fingerprint density at radius 3 is 2.81 bits per heavy atom. The molecule has 0 saturated heterocycles. The van der Waals surface area contributed by atoms with Crippen molar-refractivity contribution in [3.05, 3.63) is 47.9 Å². The Labute approximate surface area is 124 Å². The zero-order chi connectivity index (χ0) is 15.2. The van der Waals surface area contributed by atoms with Crippen LogP contribution in [0.5, 0.6) is 0 Å². The van der Waals surface area contributed by atoms with Gasteiger partial charge in [-0.1, -0.05) is 13.0 Å². The molecule has 1 aromatic carbocycles. The van der Waals surface area contributed by atoms with Gasteiger partial charge in [0.15, 0.2) is 0 Å².